The first-order chi connectivity index (χ1) is 51.3. The van der Waals surface area contributed by atoms with Crippen molar-refractivity contribution >= 4 is 103 Å². The fourth-order valence-corrected chi connectivity index (χ4v) is 16.2. The van der Waals surface area contributed by atoms with Crippen molar-refractivity contribution in [2.45, 2.75) is 198 Å². The van der Waals surface area contributed by atoms with Gasteiger partial charge in [-0.1, -0.05) is 149 Å². The van der Waals surface area contributed by atoms with Crippen molar-refractivity contribution in [3.8, 4) is 0 Å². The van der Waals surface area contributed by atoms with E-state index in [1.165, 1.54) is 11.8 Å². The van der Waals surface area contributed by atoms with E-state index in [1.807, 2.05) is 97.1 Å². The van der Waals surface area contributed by atoms with Crippen molar-refractivity contribution in [3.05, 3.63) is 178 Å². The summed E-state index contributed by atoms with van der Waals surface area (Å²) < 4.78 is 70.2. The summed E-state index contributed by atoms with van der Waals surface area (Å²) in [5.74, 6) is -7.23. The summed E-state index contributed by atoms with van der Waals surface area (Å²) in [5.41, 5.74) is 8.27. The molecule has 0 spiro atoms. The van der Waals surface area contributed by atoms with Crippen LogP contribution in [0.3, 0.4) is 0 Å². The molecule has 7 rings (SSSR count). The van der Waals surface area contributed by atoms with Crippen molar-refractivity contribution in [1.82, 2.24) is 21.3 Å². The second-order valence-electron chi connectivity index (χ2n) is 28.4. The SMILES string of the molecule is CC1(C)C(=CC=C2CCCC(C=CC3=[N+](CCCCS(=O)(=O)O)c4ccccc4C3(C)C)=C2SC[C@@H](NC(=O)[C@@H](CC(=O)[C@H](Cc2ccccc2)NC(=O)CCCCCCCCC(=O)CC[C@@H](NC(=O)NCCCC(=O)O)C(=O)O)Cc2ccccc2)C(=O)O)N(CCCCS(=O)(=O)[O-])c2ccccc21.O=C=O. The van der Waals surface area contributed by atoms with E-state index in [0.717, 1.165) is 86.8 Å². The van der Waals surface area contributed by atoms with E-state index in [9.17, 15) is 74.5 Å². The van der Waals surface area contributed by atoms with Gasteiger partial charge in [0.05, 0.1) is 27.3 Å². The molecule has 2 heterocycles. The summed E-state index contributed by atoms with van der Waals surface area (Å²) in [6, 6.07) is 29.7. The lowest BCUT2D eigenvalue weighted by Crippen LogP contribution is -2.48. The zero-order valence-electron chi connectivity index (χ0n) is 61.8. The number of para-hydroxylation sites is 2. The molecule has 28 heteroatoms. The van der Waals surface area contributed by atoms with Gasteiger partial charge in [0, 0.05) is 108 Å². The molecule has 0 unspecified atom stereocenters. The number of carbonyl (C=O) groups is 8. The maximum atomic E-state index is 15.0. The Labute approximate surface area is 637 Å². The summed E-state index contributed by atoms with van der Waals surface area (Å²) in [7, 11) is -8.60. The van der Waals surface area contributed by atoms with Crippen LogP contribution in [-0.4, -0.2) is 160 Å². The van der Waals surface area contributed by atoms with Crippen LogP contribution in [0.2, 0.25) is 0 Å². The number of nitrogens with one attached hydrogen (secondary N) is 4. The molecule has 25 nitrogen and oxygen atoms in total. The second kappa shape index (κ2) is 43.1. The van der Waals surface area contributed by atoms with Gasteiger partial charge in [0.25, 0.3) is 10.1 Å². The number of hydrogen-bond acceptors (Lipinski definition) is 17. The lowest BCUT2D eigenvalue weighted by Gasteiger charge is -2.28. The van der Waals surface area contributed by atoms with Crippen molar-refractivity contribution in [3.63, 3.8) is 0 Å². The molecule has 3 aliphatic rings. The van der Waals surface area contributed by atoms with Crippen molar-refractivity contribution in [2.75, 3.05) is 41.8 Å². The van der Waals surface area contributed by atoms with Crippen LogP contribution in [0.4, 0.5) is 16.2 Å². The van der Waals surface area contributed by atoms with Gasteiger partial charge < -0.3 is 46.0 Å². The summed E-state index contributed by atoms with van der Waals surface area (Å²) in [6.45, 7) is 9.44. The number of aliphatic carboxylic acids is 3. The molecule has 4 aromatic carbocycles. The number of fused-ring (bicyclic) bond motifs is 2. The van der Waals surface area contributed by atoms with Crippen molar-refractivity contribution < 1.29 is 93.8 Å². The minimum Gasteiger partial charge on any atom is -0.748 e. The number of unbranched alkanes of at least 4 members (excludes halogenated alkanes) is 7. The number of thioether (sulfide) groups is 1. The van der Waals surface area contributed by atoms with Gasteiger partial charge in [-0.2, -0.15) is 22.6 Å². The number of carboxylic acid groups (broad SMARTS) is 3. The van der Waals surface area contributed by atoms with Crippen LogP contribution in [0.5, 0.6) is 0 Å². The van der Waals surface area contributed by atoms with E-state index in [2.05, 4.69) is 94.9 Å². The number of hydrogen-bond donors (Lipinski definition) is 8. The molecule has 2 aliphatic heterocycles. The molecule has 0 aromatic heterocycles. The molecule has 0 saturated heterocycles. The first-order valence-electron chi connectivity index (χ1n) is 36.7. The number of anilines is 1. The largest absolute Gasteiger partial charge is 0.748 e. The highest BCUT2D eigenvalue weighted by Gasteiger charge is 2.44. The normalized spacial score (nSPS) is 16.3. The van der Waals surface area contributed by atoms with Gasteiger partial charge in [-0.3, -0.25) is 28.5 Å². The van der Waals surface area contributed by atoms with Crippen LogP contribution >= 0.6 is 11.8 Å². The first kappa shape index (κ1) is 87.7. The first-order valence-corrected chi connectivity index (χ1v) is 40.9. The summed E-state index contributed by atoms with van der Waals surface area (Å²) in [4.78, 5) is 124. The fraction of sp³-hybridized carbons (Fsp3) is 0.475. The van der Waals surface area contributed by atoms with E-state index in [-0.39, 0.29) is 107 Å². The third-order valence-electron chi connectivity index (χ3n) is 19.5. The Kier molecular flexibility index (Phi) is 35.0. The van der Waals surface area contributed by atoms with Crippen LogP contribution in [0.25, 0.3) is 0 Å². The molecule has 0 saturated carbocycles. The highest BCUT2D eigenvalue weighted by Crippen LogP contribution is 2.49. The van der Waals surface area contributed by atoms with Crippen LogP contribution < -0.4 is 26.2 Å². The van der Waals surface area contributed by atoms with Gasteiger partial charge in [-0.15, -0.1) is 11.8 Å². The molecule has 108 heavy (non-hydrogen) atoms. The van der Waals surface area contributed by atoms with Crippen LogP contribution in [0.15, 0.2) is 155 Å². The molecule has 4 atom stereocenters. The minimum absolute atomic E-state index is 0.0453. The number of carboxylic acids is 3. The quantitative estimate of drug-likeness (QED) is 0.0116. The van der Waals surface area contributed by atoms with Gasteiger partial charge in [-0.25, -0.2) is 22.8 Å². The molecular weight excluding hydrogens is 1450 g/mol. The topological polar surface area (TPSA) is 397 Å². The number of amides is 4. The van der Waals surface area contributed by atoms with Gasteiger partial charge in [-0.05, 0) is 131 Å². The number of benzene rings is 4. The highest BCUT2D eigenvalue weighted by molar-refractivity contribution is 8.03. The maximum Gasteiger partial charge on any atom is 0.373 e. The Balaban J connectivity index is 0.00000598. The molecule has 0 fully saturated rings. The van der Waals surface area contributed by atoms with Crippen LogP contribution in [-0.2, 0) is 87.1 Å². The molecule has 0 radical (unpaired) electrons. The molecule has 4 amide bonds. The Hall–Kier alpha value is -9.18. The predicted molar refractivity (Wildman–Crippen MR) is 410 cm³/mol. The number of nitrogens with zero attached hydrogens (tertiary/aromatic N) is 2. The molecule has 4 aromatic rings. The Morgan fingerprint density at radius 2 is 1.23 bits per heavy atom. The number of Topliss-reactive ketones (excluding diaryl/α,β-unsaturated/α-hetero) is 2. The number of allylic oxidation sites excluding steroid dienone is 7. The van der Waals surface area contributed by atoms with Crippen molar-refractivity contribution in [1.29, 1.82) is 0 Å². The van der Waals surface area contributed by atoms with Gasteiger partial charge in [0.15, 0.2) is 11.5 Å². The van der Waals surface area contributed by atoms with Gasteiger partial charge in [0.1, 0.15) is 24.4 Å². The lowest BCUT2D eigenvalue weighted by molar-refractivity contribution is -0.438. The van der Waals surface area contributed by atoms with Gasteiger partial charge >= 0.3 is 30.1 Å². The number of ketones is 2. The van der Waals surface area contributed by atoms with Crippen LogP contribution in [0.1, 0.15) is 178 Å². The summed E-state index contributed by atoms with van der Waals surface area (Å²) in [5, 5.41) is 40.0. The molecule has 584 valence electrons. The Bertz CT molecular complexity index is 4220. The third kappa shape index (κ3) is 28.4. The number of carbonyl (C=O) groups excluding carboxylic acids is 7. The monoisotopic (exact) mass is 1550 g/mol. The molecule has 0 bridgehead atoms. The van der Waals surface area contributed by atoms with E-state index >= 15 is 0 Å². The maximum absolute atomic E-state index is 15.0. The molecular formula is C80H102N6O19S3. The van der Waals surface area contributed by atoms with E-state index in [1.54, 1.807) is 0 Å². The smallest absolute Gasteiger partial charge is 0.373 e. The highest BCUT2D eigenvalue weighted by atomic mass is 32.2. The number of rotatable bonds is 45. The van der Waals surface area contributed by atoms with E-state index in [0.29, 0.717) is 58.0 Å². The zero-order valence-corrected chi connectivity index (χ0v) is 64.3. The molecule has 8 N–H and O–H groups in total. The standard InChI is InChI=1S/C79H102N6O17S3.CO2/c1-78(2)61-34-17-19-36-66(61)84(47-21-23-49-104(97,98)99)69(78)44-40-57-31-25-32-58(41-45-70-79(3,4)62-35-18-20-37-67(62)85(70)48-22-24-50-105(100,101)102)73(57)103-54-65(76(94)95)82-74(91)59(51-55-27-11-9-12-28-55)53-68(87)64(52-56-29-13-10-14-30-56)81-71(88)38-16-8-6-5-7-15-33-60(86)42-43-63(75(92)93)83-77(96)80-46-26-39-72(89)90;2-1-3/h9-14,17-20,27-30,34-37,40-41,44-45,59,63-65H,5-8,15-16,21-26,31-33,38-39,42-43,46-54H2,1-4H3,(H8-,80,81,82,83,88,89,90,91,92,93,94,95,96,97,98,99,100,101,102);/t59-,63-,64+,65-;/m1./s1. The third-order valence-corrected chi connectivity index (χ3v) is 22.4. The second-order valence-corrected chi connectivity index (χ2v) is 32.5. The summed E-state index contributed by atoms with van der Waals surface area (Å²) >= 11 is 1.30. The van der Waals surface area contributed by atoms with E-state index in [4.69, 9.17) is 14.7 Å². The fourth-order valence-electron chi connectivity index (χ4n) is 13.8. The van der Waals surface area contributed by atoms with Crippen LogP contribution in [0, 0.1) is 5.92 Å². The Morgan fingerprint density at radius 1 is 0.630 bits per heavy atom. The Morgan fingerprint density at radius 3 is 1.87 bits per heavy atom. The summed E-state index contributed by atoms with van der Waals surface area (Å²) in [6.07, 6.45) is 15.9. The van der Waals surface area contributed by atoms with Gasteiger partial charge in [0.2, 0.25) is 17.5 Å². The van der Waals surface area contributed by atoms with E-state index < -0.39 is 96.5 Å². The number of urea groups is 1. The van der Waals surface area contributed by atoms with Crippen molar-refractivity contribution in [2.24, 2.45) is 5.92 Å². The predicted octanol–water partition coefficient (Wildman–Crippen LogP) is 11.0. The minimum atomic E-state index is -4.42. The molecule has 1 aliphatic carbocycles. The lowest BCUT2D eigenvalue weighted by atomic mass is 9.81. The average molecular weight is 1550 g/mol. The zero-order chi connectivity index (χ0) is 79.0. The average Bonchev–Trinajstić information content (AvgIpc) is 1.60.